The predicted molar refractivity (Wildman–Crippen MR) is 67.1 cm³/mol. The van der Waals surface area contributed by atoms with E-state index in [4.69, 9.17) is 0 Å². The quantitative estimate of drug-likeness (QED) is 0.682. The van der Waals surface area contributed by atoms with Crippen LogP contribution in [0.5, 0.6) is 0 Å². The Morgan fingerprint density at radius 2 is 2.00 bits per heavy atom. The molecule has 0 saturated heterocycles. The van der Waals surface area contributed by atoms with Gasteiger partial charge in [0, 0.05) is 10.9 Å². The van der Waals surface area contributed by atoms with Crippen LogP contribution in [0.2, 0.25) is 0 Å². The lowest BCUT2D eigenvalue weighted by Gasteiger charge is -2.04. The van der Waals surface area contributed by atoms with E-state index < -0.39 is 0 Å². The minimum Gasteiger partial charge on any atom is -0.468 e. The Kier molecular flexibility index (Phi) is 2.22. The summed E-state index contributed by atoms with van der Waals surface area (Å²) in [6, 6.07) is 9.92. The Labute approximate surface area is 101 Å². The van der Waals surface area contributed by atoms with Gasteiger partial charge in [-0.2, -0.15) is 0 Å². The molecule has 0 bridgehead atoms. The SMILES string of the molecule is C[N-]c1nc2nc(-c3ccccc3)[nH]n2c1[Si]. The molecule has 1 aromatic carbocycles. The van der Waals surface area contributed by atoms with Gasteiger partial charge in [-0.3, -0.25) is 5.10 Å². The van der Waals surface area contributed by atoms with Gasteiger partial charge >= 0.3 is 0 Å². The molecule has 3 radical (unpaired) electrons. The van der Waals surface area contributed by atoms with E-state index >= 15 is 0 Å². The highest BCUT2D eigenvalue weighted by Gasteiger charge is 2.06. The number of imidazole rings is 1. The fraction of sp³-hybridized carbons (Fsp3) is 0.0909. The van der Waals surface area contributed by atoms with Crippen LogP contribution in [0.1, 0.15) is 0 Å². The van der Waals surface area contributed by atoms with Crippen LogP contribution in [-0.4, -0.2) is 36.9 Å². The third-order valence-electron chi connectivity index (χ3n) is 2.53. The van der Waals surface area contributed by atoms with Crippen LogP contribution in [0.4, 0.5) is 5.82 Å². The molecule has 2 aromatic heterocycles. The number of H-pyrrole nitrogens is 1. The second-order valence-corrected chi connectivity index (χ2v) is 4.05. The van der Waals surface area contributed by atoms with E-state index in [0.717, 1.165) is 16.7 Å². The molecule has 0 atom stereocenters. The van der Waals surface area contributed by atoms with Crippen LogP contribution in [0.25, 0.3) is 22.5 Å². The molecule has 3 rings (SSSR count). The highest BCUT2D eigenvalue weighted by atomic mass is 28.1. The lowest BCUT2D eigenvalue weighted by molar-refractivity contribution is 1.00. The number of benzene rings is 1. The summed E-state index contributed by atoms with van der Waals surface area (Å²) < 4.78 is 1.77. The predicted octanol–water partition coefficient (Wildman–Crippen LogP) is 1.15. The zero-order chi connectivity index (χ0) is 11.8. The molecule has 0 aliphatic heterocycles. The van der Waals surface area contributed by atoms with Gasteiger partial charge in [-0.15, -0.1) is 0 Å². The van der Waals surface area contributed by atoms with Gasteiger partial charge in [-0.25, -0.2) is 9.50 Å². The van der Waals surface area contributed by atoms with Gasteiger partial charge < -0.3 is 10.3 Å². The maximum atomic E-state index is 4.42. The average Bonchev–Trinajstić information content (AvgIpc) is 2.90. The van der Waals surface area contributed by atoms with Crippen LogP contribution in [-0.2, 0) is 0 Å². The summed E-state index contributed by atoms with van der Waals surface area (Å²) in [5.74, 6) is 2.03. The number of fused-ring (bicyclic) bond motifs is 1. The Bertz CT molecular complexity index is 655. The molecule has 5 nitrogen and oxygen atoms in total. The molecule has 0 spiro atoms. The van der Waals surface area contributed by atoms with Gasteiger partial charge in [-0.1, -0.05) is 37.4 Å². The van der Waals surface area contributed by atoms with Gasteiger partial charge in [0.25, 0.3) is 0 Å². The monoisotopic (exact) mass is 239 g/mol. The molecule has 2 heterocycles. The van der Waals surface area contributed by atoms with Crippen molar-refractivity contribution < 1.29 is 0 Å². The van der Waals surface area contributed by atoms with E-state index in [0.29, 0.717) is 11.6 Å². The number of nitrogens with one attached hydrogen (secondary N) is 1. The Balaban J connectivity index is 2.15. The van der Waals surface area contributed by atoms with Crippen molar-refractivity contribution in [3.05, 3.63) is 35.6 Å². The zero-order valence-corrected chi connectivity index (χ0v) is 10.2. The third kappa shape index (κ3) is 1.53. The Morgan fingerprint density at radius 1 is 1.24 bits per heavy atom. The van der Waals surface area contributed by atoms with Crippen molar-refractivity contribution in [2.45, 2.75) is 0 Å². The maximum Gasteiger partial charge on any atom is 0.154 e. The zero-order valence-electron chi connectivity index (χ0n) is 9.18. The van der Waals surface area contributed by atoms with Gasteiger partial charge in [0.2, 0.25) is 0 Å². The molecule has 6 heteroatoms. The number of aromatic nitrogens is 4. The van der Waals surface area contributed by atoms with E-state index in [1.165, 1.54) is 0 Å². The first-order valence-electron chi connectivity index (χ1n) is 5.15. The minimum absolute atomic E-state index is 0.606. The summed E-state index contributed by atoms with van der Waals surface area (Å²) >= 11 is 0. The smallest absolute Gasteiger partial charge is 0.154 e. The van der Waals surface area contributed by atoms with Gasteiger partial charge in [0.15, 0.2) is 5.82 Å². The standard InChI is InChI=1S/C11H9N5Si/c1-12-9-10(17)16-11(14-9)13-8(15-16)7-5-3-2-4-6-7/h2-6H,1H3,(H,13,14,15)/q-1. The summed E-state index contributed by atoms with van der Waals surface area (Å²) in [6.07, 6.45) is 0. The van der Waals surface area contributed by atoms with Crippen molar-refractivity contribution in [2.24, 2.45) is 0 Å². The van der Waals surface area contributed by atoms with Crippen molar-refractivity contribution in [3.63, 3.8) is 0 Å². The molecule has 1 N–H and O–H groups in total. The number of hydrogen-bond acceptors (Lipinski definition) is 2. The number of aromatic amines is 1. The summed E-state index contributed by atoms with van der Waals surface area (Å²) in [5.41, 5.74) is 1.03. The molecule has 0 unspecified atom stereocenters. The van der Waals surface area contributed by atoms with Crippen LogP contribution in [0.3, 0.4) is 0 Å². The number of nitrogens with zero attached hydrogens (tertiary/aromatic N) is 4. The van der Waals surface area contributed by atoms with Crippen LogP contribution in [0.15, 0.2) is 30.3 Å². The lowest BCUT2D eigenvalue weighted by atomic mass is 10.2. The van der Waals surface area contributed by atoms with E-state index in [-0.39, 0.29) is 0 Å². The Hall–Kier alpha value is -2.08. The molecule has 0 aliphatic rings. The summed E-state index contributed by atoms with van der Waals surface area (Å²) in [7, 11) is 5.19. The molecular formula is C11H9N5Si-. The average molecular weight is 239 g/mol. The number of rotatable bonds is 2. The van der Waals surface area contributed by atoms with Crippen LogP contribution < -0.4 is 5.32 Å². The second-order valence-electron chi connectivity index (χ2n) is 3.58. The highest BCUT2D eigenvalue weighted by molar-refractivity contribution is 6.34. The van der Waals surface area contributed by atoms with Crippen molar-refractivity contribution >= 4 is 27.2 Å². The van der Waals surface area contributed by atoms with Gasteiger partial charge in [-0.05, 0) is 5.82 Å². The molecule has 0 fully saturated rings. The molecule has 83 valence electrons. The minimum atomic E-state index is 0.606. The maximum absolute atomic E-state index is 4.42. The second kappa shape index (κ2) is 3.74. The first kappa shape index (κ1) is 10.1. The van der Waals surface area contributed by atoms with E-state index in [9.17, 15) is 0 Å². The molecule has 3 aromatic rings. The Morgan fingerprint density at radius 3 is 2.65 bits per heavy atom. The lowest BCUT2D eigenvalue weighted by Crippen LogP contribution is -2.11. The van der Waals surface area contributed by atoms with Gasteiger partial charge in [0.1, 0.15) is 5.78 Å². The van der Waals surface area contributed by atoms with Crippen molar-refractivity contribution in [3.8, 4) is 11.4 Å². The number of hydrogen-bond donors (Lipinski definition) is 1. The normalized spacial score (nSPS) is 10.9. The van der Waals surface area contributed by atoms with Crippen molar-refractivity contribution in [2.75, 3.05) is 7.05 Å². The molecule has 0 amide bonds. The topological polar surface area (TPSA) is 60.1 Å². The van der Waals surface area contributed by atoms with Crippen LogP contribution in [0, 0.1) is 0 Å². The molecule has 17 heavy (non-hydrogen) atoms. The summed E-state index contributed by atoms with van der Waals surface area (Å²) in [5, 5.41) is 7.99. The summed E-state index contributed by atoms with van der Waals surface area (Å²) in [4.78, 5) is 8.70. The van der Waals surface area contributed by atoms with Crippen molar-refractivity contribution in [1.82, 2.24) is 19.6 Å². The van der Waals surface area contributed by atoms with Crippen LogP contribution >= 0.6 is 0 Å². The molecule has 0 aliphatic carbocycles. The first-order chi connectivity index (χ1) is 8.29. The fourth-order valence-corrected chi connectivity index (χ4v) is 2.01. The molecular weight excluding hydrogens is 230 g/mol. The fourth-order valence-electron chi connectivity index (χ4n) is 1.69. The third-order valence-corrected chi connectivity index (χ3v) is 2.98. The first-order valence-corrected chi connectivity index (χ1v) is 5.65. The van der Waals surface area contributed by atoms with Gasteiger partial charge in [0.05, 0.1) is 10.2 Å². The highest BCUT2D eigenvalue weighted by Crippen LogP contribution is 2.17. The van der Waals surface area contributed by atoms with E-state index in [1.807, 2.05) is 30.3 Å². The van der Waals surface area contributed by atoms with E-state index in [1.54, 1.807) is 11.6 Å². The largest absolute Gasteiger partial charge is 0.468 e. The molecule has 0 saturated carbocycles. The van der Waals surface area contributed by atoms with Crippen molar-refractivity contribution in [1.29, 1.82) is 0 Å². The summed E-state index contributed by atoms with van der Waals surface area (Å²) in [6.45, 7) is 0. The van der Waals surface area contributed by atoms with E-state index in [2.05, 4.69) is 30.6 Å².